The van der Waals surface area contributed by atoms with Crippen LogP contribution in [-0.4, -0.2) is 7.11 Å². The van der Waals surface area contributed by atoms with Gasteiger partial charge in [0.25, 0.3) is 0 Å². The van der Waals surface area contributed by atoms with Crippen LogP contribution < -0.4 is 15.2 Å². The van der Waals surface area contributed by atoms with Gasteiger partial charge in [-0.15, -0.1) is 11.3 Å². The number of hydrogen-bond donors (Lipinski definition) is 1. The maximum Gasteiger partial charge on any atom is 0.124 e. The van der Waals surface area contributed by atoms with Gasteiger partial charge in [0, 0.05) is 17.0 Å². The van der Waals surface area contributed by atoms with E-state index in [1.165, 1.54) is 11.3 Å². The average Bonchev–Trinajstić information content (AvgIpc) is 2.82. The third-order valence-electron chi connectivity index (χ3n) is 2.49. The van der Waals surface area contributed by atoms with Crippen molar-refractivity contribution in [1.29, 1.82) is 0 Å². The summed E-state index contributed by atoms with van der Waals surface area (Å²) in [5.41, 5.74) is 6.62. The van der Waals surface area contributed by atoms with E-state index in [9.17, 15) is 0 Å². The second-order valence-electron chi connectivity index (χ2n) is 3.67. The van der Waals surface area contributed by atoms with E-state index >= 15 is 0 Å². The Balaban J connectivity index is 2.08. The van der Waals surface area contributed by atoms with E-state index in [4.69, 9.17) is 26.8 Å². The summed E-state index contributed by atoms with van der Waals surface area (Å²) in [6.45, 7) is 0.911. The van der Waals surface area contributed by atoms with E-state index in [0.717, 1.165) is 26.3 Å². The van der Waals surface area contributed by atoms with Crippen LogP contribution in [0.3, 0.4) is 0 Å². The highest BCUT2D eigenvalue weighted by Gasteiger charge is 2.05. The summed E-state index contributed by atoms with van der Waals surface area (Å²) in [5, 5.41) is 0. The summed E-state index contributed by atoms with van der Waals surface area (Å²) in [6, 6.07) is 9.43. The highest BCUT2D eigenvalue weighted by atomic mass is 35.5. The number of methoxy groups -OCH3 is 1. The Morgan fingerprint density at radius 3 is 2.72 bits per heavy atom. The normalized spacial score (nSPS) is 10.4. The van der Waals surface area contributed by atoms with Gasteiger partial charge in [-0.05, 0) is 30.3 Å². The molecule has 0 radical (unpaired) electrons. The maximum absolute atomic E-state index is 5.87. The molecule has 2 rings (SSSR count). The van der Waals surface area contributed by atoms with Gasteiger partial charge in [-0.2, -0.15) is 0 Å². The molecule has 96 valence electrons. The fourth-order valence-electron chi connectivity index (χ4n) is 1.56. The van der Waals surface area contributed by atoms with Crippen molar-refractivity contribution < 1.29 is 9.47 Å². The Bertz CT molecular complexity index is 527. The molecule has 5 heteroatoms. The molecule has 2 N–H and O–H groups in total. The van der Waals surface area contributed by atoms with Crippen molar-refractivity contribution in [2.45, 2.75) is 13.2 Å². The highest BCUT2D eigenvalue weighted by Crippen LogP contribution is 2.27. The predicted octanol–water partition coefficient (Wildman–Crippen LogP) is 3.45. The van der Waals surface area contributed by atoms with Crippen LogP contribution in [-0.2, 0) is 13.2 Å². The van der Waals surface area contributed by atoms with Crippen molar-refractivity contribution >= 4 is 22.9 Å². The predicted molar refractivity (Wildman–Crippen MR) is 74.5 cm³/mol. The molecule has 0 aliphatic carbocycles. The third kappa shape index (κ3) is 3.16. The summed E-state index contributed by atoms with van der Waals surface area (Å²) in [5.74, 6) is 1.56. The third-order valence-corrected chi connectivity index (χ3v) is 3.69. The Hall–Kier alpha value is -1.23. The lowest BCUT2D eigenvalue weighted by Gasteiger charge is -2.11. The van der Waals surface area contributed by atoms with Crippen LogP contribution in [0.2, 0.25) is 4.34 Å². The molecule has 0 bridgehead atoms. The number of ether oxygens (including phenoxy) is 2. The van der Waals surface area contributed by atoms with Crippen LogP contribution in [0.1, 0.15) is 10.4 Å². The van der Waals surface area contributed by atoms with Gasteiger partial charge in [-0.1, -0.05) is 11.6 Å². The SMILES string of the molecule is COc1ccc(OCc2ccc(Cl)s2)c(CN)c1. The van der Waals surface area contributed by atoms with Crippen LogP contribution in [0.25, 0.3) is 0 Å². The molecule has 0 saturated heterocycles. The summed E-state index contributed by atoms with van der Waals surface area (Å²) < 4.78 is 11.7. The minimum absolute atomic E-state index is 0.414. The number of nitrogens with two attached hydrogens (primary N) is 1. The molecule has 3 nitrogen and oxygen atoms in total. The summed E-state index contributed by atoms with van der Waals surface area (Å²) >= 11 is 7.38. The molecule has 2 aromatic rings. The molecule has 1 aromatic heterocycles. The lowest BCUT2D eigenvalue weighted by Crippen LogP contribution is -2.02. The highest BCUT2D eigenvalue weighted by molar-refractivity contribution is 7.16. The van der Waals surface area contributed by atoms with E-state index < -0.39 is 0 Å². The first-order valence-corrected chi connectivity index (χ1v) is 6.66. The second kappa shape index (κ2) is 6.09. The van der Waals surface area contributed by atoms with Crippen LogP contribution in [0.5, 0.6) is 11.5 Å². The van der Waals surface area contributed by atoms with E-state index in [-0.39, 0.29) is 0 Å². The molecular weight excluding hydrogens is 270 g/mol. The van der Waals surface area contributed by atoms with Gasteiger partial charge in [-0.25, -0.2) is 0 Å². The number of hydrogen-bond acceptors (Lipinski definition) is 4. The van der Waals surface area contributed by atoms with E-state index in [1.54, 1.807) is 7.11 Å². The lowest BCUT2D eigenvalue weighted by molar-refractivity contribution is 0.305. The average molecular weight is 284 g/mol. The van der Waals surface area contributed by atoms with Crippen molar-refractivity contribution in [3.05, 3.63) is 45.1 Å². The maximum atomic E-state index is 5.87. The quantitative estimate of drug-likeness (QED) is 0.914. The van der Waals surface area contributed by atoms with E-state index in [2.05, 4.69) is 0 Å². The molecule has 1 aromatic carbocycles. The Morgan fingerprint density at radius 2 is 2.11 bits per heavy atom. The van der Waals surface area contributed by atoms with E-state index in [0.29, 0.717) is 13.2 Å². The summed E-state index contributed by atoms with van der Waals surface area (Å²) in [7, 11) is 1.63. The van der Waals surface area contributed by atoms with E-state index in [1.807, 2.05) is 30.3 Å². The number of halogens is 1. The number of rotatable bonds is 5. The lowest BCUT2D eigenvalue weighted by atomic mass is 10.2. The molecule has 0 saturated carbocycles. The fourth-order valence-corrected chi connectivity index (χ4v) is 2.56. The first-order valence-electron chi connectivity index (χ1n) is 5.47. The van der Waals surface area contributed by atoms with Gasteiger partial charge in [0.05, 0.1) is 11.4 Å². The molecule has 0 atom stereocenters. The van der Waals surface area contributed by atoms with Gasteiger partial charge in [0.2, 0.25) is 0 Å². The van der Waals surface area contributed by atoms with Crippen molar-refractivity contribution in [2.75, 3.05) is 7.11 Å². The fraction of sp³-hybridized carbons (Fsp3) is 0.231. The molecule has 0 spiro atoms. The topological polar surface area (TPSA) is 44.5 Å². The Labute approximate surface area is 115 Å². The molecule has 1 heterocycles. The molecule has 18 heavy (non-hydrogen) atoms. The van der Waals surface area contributed by atoms with Gasteiger partial charge in [0.15, 0.2) is 0 Å². The minimum Gasteiger partial charge on any atom is -0.497 e. The Morgan fingerprint density at radius 1 is 1.28 bits per heavy atom. The zero-order valence-corrected chi connectivity index (χ0v) is 11.6. The first-order chi connectivity index (χ1) is 8.72. The smallest absolute Gasteiger partial charge is 0.124 e. The molecular formula is C13H14ClNO2S. The van der Waals surface area contributed by atoms with Gasteiger partial charge >= 0.3 is 0 Å². The molecule has 0 amide bonds. The number of benzene rings is 1. The number of thiophene rings is 1. The van der Waals surface area contributed by atoms with Crippen LogP contribution >= 0.6 is 22.9 Å². The zero-order chi connectivity index (χ0) is 13.0. The largest absolute Gasteiger partial charge is 0.497 e. The van der Waals surface area contributed by atoms with Crippen LogP contribution in [0, 0.1) is 0 Å². The second-order valence-corrected chi connectivity index (χ2v) is 5.47. The molecule has 0 aliphatic heterocycles. The van der Waals surface area contributed by atoms with Crippen LogP contribution in [0.4, 0.5) is 0 Å². The van der Waals surface area contributed by atoms with Crippen molar-refractivity contribution in [2.24, 2.45) is 5.73 Å². The van der Waals surface area contributed by atoms with Gasteiger partial charge in [0.1, 0.15) is 18.1 Å². The summed E-state index contributed by atoms with van der Waals surface area (Å²) in [6.07, 6.45) is 0. The van der Waals surface area contributed by atoms with Gasteiger partial charge < -0.3 is 15.2 Å². The van der Waals surface area contributed by atoms with Gasteiger partial charge in [-0.3, -0.25) is 0 Å². The molecule has 0 aliphatic rings. The minimum atomic E-state index is 0.414. The first kappa shape index (κ1) is 13.2. The monoisotopic (exact) mass is 283 g/mol. The van der Waals surface area contributed by atoms with Crippen molar-refractivity contribution in [3.63, 3.8) is 0 Å². The molecule has 0 unspecified atom stereocenters. The summed E-state index contributed by atoms with van der Waals surface area (Å²) in [4.78, 5) is 1.08. The Kier molecular flexibility index (Phi) is 4.47. The zero-order valence-electron chi connectivity index (χ0n) is 9.98. The van der Waals surface area contributed by atoms with Crippen molar-refractivity contribution in [1.82, 2.24) is 0 Å². The van der Waals surface area contributed by atoms with Crippen LogP contribution in [0.15, 0.2) is 30.3 Å². The molecule has 0 fully saturated rings. The van der Waals surface area contributed by atoms with Crippen molar-refractivity contribution in [3.8, 4) is 11.5 Å². The standard InChI is InChI=1S/C13H14ClNO2S/c1-16-10-2-4-12(9(6-10)7-15)17-8-11-3-5-13(14)18-11/h2-6H,7-8,15H2,1H3.